The standard InChI is InChI=1S/C13H16FNO2S/c1-2-17-12-6-10(14)3-4-11(12)15-7-9(8-18)5-13(15)16/h3-4,6,9,18H,2,5,7-8H2,1H3. The fraction of sp³-hybridized carbons (Fsp3) is 0.462. The lowest BCUT2D eigenvalue weighted by Gasteiger charge is -2.20. The van der Waals surface area contributed by atoms with Gasteiger partial charge in [-0.2, -0.15) is 12.6 Å². The van der Waals surface area contributed by atoms with Crippen molar-refractivity contribution < 1.29 is 13.9 Å². The first kappa shape index (κ1) is 13.2. The lowest BCUT2D eigenvalue weighted by Crippen LogP contribution is -2.25. The Morgan fingerprint density at radius 2 is 2.33 bits per heavy atom. The number of halogens is 1. The highest BCUT2D eigenvalue weighted by Crippen LogP contribution is 2.34. The van der Waals surface area contributed by atoms with Gasteiger partial charge in [-0.1, -0.05) is 0 Å². The molecule has 0 aromatic heterocycles. The number of thiol groups is 1. The molecule has 1 aliphatic rings. The quantitative estimate of drug-likeness (QED) is 0.851. The molecule has 3 nitrogen and oxygen atoms in total. The van der Waals surface area contributed by atoms with Gasteiger partial charge in [-0.15, -0.1) is 0 Å². The predicted octanol–water partition coefficient (Wildman–Crippen LogP) is 2.51. The SMILES string of the molecule is CCOc1cc(F)ccc1N1CC(CS)CC1=O. The van der Waals surface area contributed by atoms with Gasteiger partial charge in [0.1, 0.15) is 11.6 Å². The van der Waals surface area contributed by atoms with Crippen molar-refractivity contribution in [2.24, 2.45) is 5.92 Å². The van der Waals surface area contributed by atoms with E-state index in [9.17, 15) is 9.18 Å². The number of benzene rings is 1. The van der Waals surface area contributed by atoms with Crippen molar-refractivity contribution in [3.05, 3.63) is 24.0 Å². The Morgan fingerprint density at radius 1 is 1.56 bits per heavy atom. The molecule has 18 heavy (non-hydrogen) atoms. The summed E-state index contributed by atoms with van der Waals surface area (Å²) in [5.74, 6) is 1.03. The molecule has 2 rings (SSSR count). The normalized spacial score (nSPS) is 19.4. The number of hydrogen-bond acceptors (Lipinski definition) is 3. The monoisotopic (exact) mass is 269 g/mol. The van der Waals surface area contributed by atoms with Gasteiger partial charge in [0.25, 0.3) is 0 Å². The van der Waals surface area contributed by atoms with Gasteiger partial charge in [0.15, 0.2) is 0 Å². The summed E-state index contributed by atoms with van der Waals surface area (Å²) in [5, 5.41) is 0. The van der Waals surface area contributed by atoms with Gasteiger partial charge in [-0.3, -0.25) is 4.79 Å². The minimum absolute atomic E-state index is 0.0432. The van der Waals surface area contributed by atoms with E-state index in [1.807, 2.05) is 6.92 Å². The zero-order valence-corrected chi connectivity index (χ0v) is 11.1. The summed E-state index contributed by atoms with van der Waals surface area (Å²) in [6.07, 6.45) is 0.493. The topological polar surface area (TPSA) is 29.5 Å². The number of rotatable bonds is 4. The molecule has 98 valence electrons. The second-order valence-electron chi connectivity index (χ2n) is 4.30. The molecule has 1 aliphatic heterocycles. The van der Waals surface area contributed by atoms with Gasteiger partial charge in [-0.25, -0.2) is 4.39 Å². The van der Waals surface area contributed by atoms with Crippen LogP contribution in [0.5, 0.6) is 5.75 Å². The zero-order chi connectivity index (χ0) is 13.1. The van der Waals surface area contributed by atoms with Gasteiger partial charge < -0.3 is 9.64 Å². The Balaban J connectivity index is 2.30. The van der Waals surface area contributed by atoms with E-state index in [4.69, 9.17) is 4.74 Å². The van der Waals surface area contributed by atoms with Crippen LogP contribution in [0.4, 0.5) is 10.1 Å². The Hall–Kier alpha value is -1.23. The predicted molar refractivity (Wildman–Crippen MR) is 71.9 cm³/mol. The summed E-state index contributed by atoms with van der Waals surface area (Å²) >= 11 is 4.22. The van der Waals surface area contributed by atoms with E-state index in [1.54, 1.807) is 11.0 Å². The summed E-state index contributed by atoms with van der Waals surface area (Å²) in [6, 6.07) is 4.26. The van der Waals surface area contributed by atoms with Crippen LogP contribution in [-0.2, 0) is 4.79 Å². The summed E-state index contributed by atoms with van der Waals surface area (Å²) in [5.41, 5.74) is 0.646. The van der Waals surface area contributed by atoms with Crippen molar-refractivity contribution in [1.29, 1.82) is 0 Å². The second kappa shape index (κ2) is 5.61. The fourth-order valence-corrected chi connectivity index (χ4v) is 2.36. The van der Waals surface area contributed by atoms with Crippen LogP contribution in [-0.4, -0.2) is 24.8 Å². The van der Waals surface area contributed by atoms with Crippen molar-refractivity contribution >= 4 is 24.2 Å². The van der Waals surface area contributed by atoms with Gasteiger partial charge in [0.2, 0.25) is 5.91 Å². The van der Waals surface area contributed by atoms with E-state index in [-0.39, 0.29) is 17.6 Å². The van der Waals surface area contributed by atoms with Crippen LogP contribution in [0.1, 0.15) is 13.3 Å². The first-order valence-electron chi connectivity index (χ1n) is 5.99. The summed E-state index contributed by atoms with van der Waals surface area (Å²) in [6.45, 7) is 2.89. The van der Waals surface area contributed by atoms with Crippen LogP contribution >= 0.6 is 12.6 Å². The molecule has 1 fully saturated rings. The molecule has 0 bridgehead atoms. The molecule has 1 aromatic rings. The average Bonchev–Trinajstić information content (AvgIpc) is 2.71. The molecular weight excluding hydrogens is 253 g/mol. The Morgan fingerprint density at radius 3 is 2.94 bits per heavy atom. The maximum absolute atomic E-state index is 13.2. The van der Waals surface area contributed by atoms with Crippen LogP contribution in [0.2, 0.25) is 0 Å². The third-order valence-corrected chi connectivity index (χ3v) is 3.49. The third kappa shape index (κ3) is 2.61. The van der Waals surface area contributed by atoms with Crippen molar-refractivity contribution in [2.75, 3.05) is 23.8 Å². The van der Waals surface area contributed by atoms with Crippen molar-refractivity contribution in [3.63, 3.8) is 0 Å². The summed E-state index contributed by atoms with van der Waals surface area (Å²) in [7, 11) is 0. The highest BCUT2D eigenvalue weighted by atomic mass is 32.1. The smallest absolute Gasteiger partial charge is 0.227 e. The number of nitrogens with zero attached hydrogens (tertiary/aromatic N) is 1. The van der Waals surface area contributed by atoms with Gasteiger partial charge in [-0.05, 0) is 30.7 Å². The molecule has 1 heterocycles. The van der Waals surface area contributed by atoms with Crippen molar-refractivity contribution in [3.8, 4) is 5.75 Å². The molecule has 0 aliphatic carbocycles. The van der Waals surface area contributed by atoms with Gasteiger partial charge in [0.05, 0.1) is 12.3 Å². The lowest BCUT2D eigenvalue weighted by atomic mass is 10.1. The van der Waals surface area contributed by atoms with E-state index in [1.165, 1.54) is 12.1 Å². The molecule has 1 saturated heterocycles. The molecule has 0 spiro atoms. The van der Waals surface area contributed by atoms with E-state index in [0.29, 0.717) is 36.8 Å². The highest BCUT2D eigenvalue weighted by molar-refractivity contribution is 7.80. The summed E-state index contributed by atoms with van der Waals surface area (Å²) < 4.78 is 18.6. The first-order valence-corrected chi connectivity index (χ1v) is 6.62. The molecular formula is C13H16FNO2S. The number of anilines is 1. The Bertz CT molecular complexity index is 453. The Kier molecular flexibility index (Phi) is 4.11. The third-order valence-electron chi connectivity index (χ3n) is 2.98. The first-order chi connectivity index (χ1) is 8.65. The number of hydrogen-bond donors (Lipinski definition) is 1. The summed E-state index contributed by atoms with van der Waals surface area (Å²) in [4.78, 5) is 13.6. The fourth-order valence-electron chi connectivity index (χ4n) is 2.12. The van der Waals surface area contributed by atoms with E-state index in [2.05, 4.69) is 12.6 Å². The second-order valence-corrected chi connectivity index (χ2v) is 4.67. The van der Waals surface area contributed by atoms with Crippen LogP contribution < -0.4 is 9.64 Å². The van der Waals surface area contributed by atoms with Gasteiger partial charge >= 0.3 is 0 Å². The number of carbonyl (C=O) groups is 1. The number of ether oxygens (including phenoxy) is 1. The molecule has 0 saturated carbocycles. The molecule has 0 radical (unpaired) electrons. The largest absolute Gasteiger partial charge is 0.492 e. The number of carbonyl (C=O) groups excluding carboxylic acids is 1. The van der Waals surface area contributed by atoms with Crippen LogP contribution in [0.25, 0.3) is 0 Å². The lowest BCUT2D eigenvalue weighted by molar-refractivity contribution is -0.117. The van der Waals surface area contributed by atoms with E-state index in [0.717, 1.165) is 0 Å². The minimum atomic E-state index is -0.361. The molecule has 0 N–H and O–H groups in total. The van der Waals surface area contributed by atoms with Crippen LogP contribution in [0, 0.1) is 11.7 Å². The van der Waals surface area contributed by atoms with Crippen LogP contribution in [0.3, 0.4) is 0 Å². The van der Waals surface area contributed by atoms with Gasteiger partial charge in [0, 0.05) is 19.0 Å². The maximum atomic E-state index is 13.2. The Labute approximate surface area is 111 Å². The molecule has 1 unspecified atom stereocenters. The maximum Gasteiger partial charge on any atom is 0.227 e. The van der Waals surface area contributed by atoms with Crippen LogP contribution in [0.15, 0.2) is 18.2 Å². The highest BCUT2D eigenvalue weighted by Gasteiger charge is 2.31. The molecule has 5 heteroatoms. The van der Waals surface area contributed by atoms with E-state index >= 15 is 0 Å². The van der Waals surface area contributed by atoms with Crippen molar-refractivity contribution in [2.45, 2.75) is 13.3 Å². The van der Waals surface area contributed by atoms with E-state index < -0.39 is 0 Å². The zero-order valence-electron chi connectivity index (χ0n) is 10.2. The molecule has 1 aromatic carbocycles. The average molecular weight is 269 g/mol. The molecule has 1 amide bonds. The minimum Gasteiger partial charge on any atom is -0.492 e. The molecule has 1 atom stereocenters. The number of amides is 1. The van der Waals surface area contributed by atoms with Crippen molar-refractivity contribution in [1.82, 2.24) is 0 Å².